The first-order chi connectivity index (χ1) is 12.4. The van der Waals surface area contributed by atoms with Gasteiger partial charge in [0, 0.05) is 5.56 Å². The molecular weight excluding hydrogens is 330 g/mol. The average Bonchev–Trinajstić information content (AvgIpc) is 2.61. The summed E-state index contributed by atoms with van der Waals surface area (Å²) in [6.07, 6.45) is -0.527. The lowest BCUT2D eigenvalue weighted by molar-refractivity contribution is -0.148. The first-order valence-corrected chi connectivity index (χ1v) is 8.71. The SMILES string of the molecule is CC(C)Cc1ccc(C(=O)N[C@H](Cc2ccccc2)[C@@H](O)C(=O)O)cc1. The Kier molecular flexibility index (Phi) is 6.92. The maximum absolute atomic E-state index is 12.5. The van der Waals surface area contributed by atoms with Crippen molar-refractivity contribution >= 4 is 11.9 Å². The Morgan fingerprint density at radius 3 is 2.04 bits per heavy atom. The summed E-state index contributed by atoms with van der Waals surface area (Å²) in [6, 6.07) is 15.5. The van der Waals surface area contributed by atoms with Crippen LogP contribution in [-0.4, -0.2) is 34.2 Å². The van der Waals surface area contributed by atoms with Crippen molar-refractivity contribution in [2.45, 2.75) is 38.8 Å². The number of aliphatic hydroxyl groups excluding tert-OH is 1. The highest BCUT2D eigenvalue weighted by atomic mass is 16.4. The lowest BCUT2D eigenvalue weighted by atomic mass is 9.99. The number of amides is 1. The van der Waals surface area contributed by atoms with E-state index in [9.17, 15) is 14.7 Å². The summed E-state index contributed by atoms with van der Waals surface area (Å²) >= 11 is 0. The summed E-state index contributed by atoms with van der Waals surface area (Å²) < 4.78 is 0. The molecule has 0 aliphatic carbocycles. The van der Waals surface area contributed by atoms with Crippen LogP contribution in [0.2, 0.25) is 0 Å². The van der Waals surface area contributed by atoms with Crippen LogP contribution in [0.15, 0.2) is 54.6 Å². The van der Waals surface area contributed by atoms with Gasteiger partial charge >= 0.3 is 5.97 Å². The lowest BCUT2D eigenvalue weighted by Crippen LogP contribution is -2.48. The molecule has 0 bridgehead atoms. The maximum Gasteiger partial charge on any atom is 0.334 e. The fourth-order valence-electron chi connectivity index (χ4n) is 2.80. The van der Waals surface area contributed by atoms with Crippen LogP contribution in [0.4, 0.5) is 0 Å². The van der Waals surface area contributed by atoms with Gasteiger partial charge in [0.15, 0.2) is 6.10 Å². The smallest absolute Gasteiger partial charge is 0.334 e. The highest BCUT2D eigenvalue weighted by Crippen LogP contribution is 2.12. The number of carboxylic acids is 1. The van der Waals surface area contributed by atoms with E-state index < -0.39 is 24.0 Å². The molecule has 3 N–H and O–H groups in total. The van der Waals surface area contributed by atoms with Crippen LogP contribution in [0, 0.1) is 5.92 Å². The summed E-state index contributed by atoms with van der Waals surface area (Å²) in [7, 11) is 0. The Hall–Kier alpha value is -2.66. The van der Waals surface area contributed by atoms with Crippen LogP contribution >= 0.6 is 0 Å². The molecule has 2 rings (SSSR count). The second-order valence-electron chi connectivity index (χ2n) is 6.85. The number of aliphatic carboxylic acids is 1. The van der Waals surface area contributed by atoms with Gasteiger partial charge in [-0.3, -0.25) is 4.79 Å². The summed E-state index contributed by atoms with van der Waals surface area (Å²) in [5.41, 5.74) is 2.42. The van der Waals surface area contributed by atoms with Crippen LogP contribution in [-0.2, 0) is 17.6 Å². The number of rotatable bonds is 8. The second-order valence-corrected chi connectivity index (χ2v) is 6.85. The van der Waals surface area contributed by atoms with Crippen LogP contribution < -0.4 is 5.32 Å². The van der Waals surface area contributed by atoms with Gasteiger partial charge in [-0.05, 0) is 42.0 Å². The Morgan fingerprint density at radius 1 is 0.923 bits per heavy atom. The zero-order valence-corrected chi connectivity index (χ0v) is 15.1. The Balaban J connectivity index is 2.11. The van der Waals surface area contributed by atoms with Crippen molar-refractivity contribution in [3.63, 3.8) is 0 Å². The molecule has 0 unspecified atom stereocenters. The molecule has 0 saturated heterocycles. The van der Waals surface area contributed by atoms with Crippen molar-refractivity contribution in [2.24, 2.45) is 5.92 Å². The molecule has 5 heteroatoms. The van der Waals surface area contributed by atoms with Crippen molar-refractivity contribution < 1.29 is 19.8 Å². The number of carboxylic acid groups (broad SMARTS) is 1. The largest absolute Gasteiger partial charge is 0.479 e. The van der Waals surface area contributed by atoms with Crippen molar-refractivity contribution in [1.82, 2.24) is 5.32 Å². The van der Waals surface area contributed by atoms with Gasteiger partial charge in [-0.25, -0.2) is 4.79 Å². The molecule has 0 fully saturated rings. The van der Waals surface area contributed by atoms with E-state index in [4.69, 9.17) is 5.11 Å². The van der Waals surface area contributed by atoms with Gasteiger partial charge in [0.1, 0.15) is 0 Å². The van der Waals surface area contributed by atoms with Gasteiger partial charge in [-0.2, -0.15) is 0 Å². The fourth-order valence-corrected chi connectivity index (χ4v) is 2.80. The molecule has 0 spiro atoms. The third kappa shape index (κ3) is 5.70. The number of carbonyl (C=O) groups is 2. The maximum atomic E-state index is 12.5. The van der Waals surface area contributed by atoms with Crippen molar-refractivity contribution in [2.75, 3.05) is 0 Å². The summed E-state index contributed by atoms with van der Waals surface area (Å²) in [4.78, 5) is 23.7. The standard InChI is InChI=1S/C21H25NO4/c1-14(2)12-16-8-10-17(11-9-16)20(24)22-18(19(23)21(25)26)13-15-6-4-3-5-7-15/h3-11,14,18-19,23H,12-13H2,1-2H3,(H,22,24)(H,25,26)/t18-,19-/m1/s1. The predicted octanol–water partition coefficient (Wildman–Crippen LogP) is 2.67. The van der Waals surface area contributed by atoms with Gasteiger partial charge < -0.3 is 15.5 Å². The monoisotopic (exact) mass is 355 g/mol. The molecule has 0 aromatic heterocycles. The first-order valence-electron chi connectivity index (χ1n) is 8.71. The molecule has 0 aliphatic heterocycles. The summed E-state index contributed by atoms with van der Waals surface area (Å²) in [5, 5.41) is 21.8. The number of hydrogen-bond donors (Lipinski definition) is 3. The van der Waals surface area contributed by atoms with E-state index >= 15 is 0 Å². The molecule has 0 radical (unpaired) electrons. The Labute approximate surface area is 153 Å². The Morgan fingerprint density at radius 2 is 1.50 bits per heavy atom. The molecule has 0 aliphatic rings. The predicted molar refractivity (Wildman–Crippen MR) is 100 cm³/mol. The molecule has 0 saturated carbocycles. The average molecular weight is 355 g/mol. The van der Waals surface area contributed by atoms with Crippen LogP contribution in [0.5, 0.6) is 0 Å². The van der Waals surface area contributed by atoms with Gasteiger partial charge in [-0.15, -0.1) is 0 Å². The zero-order valence-electron chi connectivity index (χ0n) is 15.1. The minimum Gasteiger partial charge on any atom is -0.479 e. The number of carbonyl (C=O) groups excluding carboxylic acids is 1. The van der Waals surface area contributed by atoms with Crippen molar-refractivity contribution in [3.05, 3.63) is 71.3 Å². The molecule has 1 amide bonds. The van der Waals surface area contributed by atoms with E-state index in [-0.39, 0.29) is 6.42 Å². The summed E-state index contributed by atoms with van der Waals surface area (Å²) in [6.45, 7) is 4.25. The molecule has 0 heterocycles. The van der Waals surface area contributed by atoms with Gasteiger partial charge in [0.2, 0.25) is 0 Å². The van der Waals surface area contributed by atoms with Crippen molar-refractivity contribution in [3.8, 4) is 0 Å². The molecule has 138 valence electrons. The highest BCUT2D eigenvalue weighted by molar-refractivity contribution is 5.94. The lowest BCUT2D eigenvalue weighted by Gasteiger charge is -2.22. The molecule has 2 aromatic carbocycles. The van der Waals surface area contributed by atoms with E-state index in [0.29, 0.717) is 11.5 Å². The summed E-state index contributed by atoms with van der Waals surface area (Å²) in [5.74, 6) is -1.24. The van der Waals surface area contributed by atoms with Gasteiger partial charge in [0.05, 0.1) is 6.04 Å². The third-order valence-corrected chi connectivity index (χ3v) is 4.11. The van der Waals surface area contributed by atoms with E-state index in [2.05, 4.69) is 19.2 Å². The van der Waals surface area contributed by atoms with E-state index in [1.54, 1.807) is 12.1 Å². The third-order valence-electron chi connectivity index (χ3n) is 4.11. The van der Waals surface area contributed by atoms with Crippen LogP contribution in [0.1, 0.15) is 35.3 Å². The first kappa shape index (κ1) is 19.7. The quantitative estimate of drug-likeness (QED) is 0.679. The topological polar surface area (TPSA) is 86.6 Å². The van der Waals surface area contributed by atoms with E-state index in [1.165, 1.54) is 0 Å². The van der Waals surface area contributed by atoms with Gasteiger partial charge in [-0.1, -0.05) is 56.3 Å². The van der Waals surface area contributed by atoms with Gasteiger partial charge in [0.25, 0.3) is 5.91 Å². The normalized spacial score (nSPS) is 13.2. The fraction of sp³-hybridized carbons (Fsp3) is 0.333. The number of nitrogens with one attached hydrogen (secondary N) is 1. The molecular formula is C21H25NO4. The zero-order chi connectivity index (χ0) is 19.1. The molecule has 2 atom stereocenters. The number of aliphatic hydroxyl groups is 1. The molecule has 2 aromatic rings. The van der Waals surface area contributed by atoms with Crippen LogP contribution in [0.25, 0.3) is 0 Å². The van der Waals surface area contributed by atoms with Crippen LogP contribution in [0.3, 0.4) is 0 Å². The molecule has 5 nitrogen and oxygen atoms in total. The minimum absolute atomic E-state index is 0.228. The number of benzene rings is 2. The molecule has 26 heavy (non-hydrogen) atoms. The van der Waals surface area contributed by atoms with E-state index in [1.807, 2.05) is 42.5 Å². The Bertz CT molecular complexity index is 725. The van der Waals surface area contributed by atoms with Crippen molar-refractivity contribution in [1.29, 1.82) is 0 Å². The minimum atomic E-state index is -1.68. The van der Waals surface area contributed by atoms with E-state index in [0.717, 1.165) is 17.5 Å². The number of hydrogen-bond acceptors (Lipinski definition) is 3. The second kappa shape index (κ2) is 9.15. The highest BCUT2D eigenvalue weighted by Gasteiger charge is 2.27.